The van der Waals surface area contributed by atoms with Gasteiger partial charge in [-0.25, -0.2) is 9.86 Å². The van der Waals surface area contributed by atoms with Gasteiger partial charge in [0.2, 0.25) is 12.3 Å². The third-order valence-corrected chi connectivity index (χ3v) is 6.52. The van der Waals surface area contributed by atoms with Crippen molar-refractivity contribution in [3.63, 3.8) is 0 Å². The van der Waals surface area contributed by atoms with Gasteiger partial charge in [-0.2, -0.15) is 0 Å². The summed E-state index contributed by atoms with van der Waals surface area (Å²) in [6, 6.07) is 7.81. The highest BCUT2D eigenvalue weighted by molar-refractivity contribution is 5.87. The fourth-order valence-electron chi connectivity index (χ4n) is 4.56. The van der Waals surface area contributed by atoms with Crippen molar-refractivity contribution in [1.82, 2.24) is 10.4 Å². The quantitative estimate of drug-likeness (QED) is 0.106. The van der Waals surface area contributed by atoms with E-state index in [1.807, 2.05) is 62.4 Å². The minimum absolute atomic E-state index is 0. The average Bonchev–Trinajstić information content (AvgIpc) is 3.40. The molecule has 37 heavy (non-hydrogen) atoms. The highest BCUT2D eigenvalue weighted by Gasteiger charge is 2.35. The van der Waals surface area contributed by atoms with Gasteiger partial charge >= 0.3 is 5.97 Å². The third kappa shape index (κ3) is 10.4. The molecule has 2 N–H and O–H groups in total. The van der Waals surface area contributed by atoms with Gasteiger partial charge in [0.1, 0.15) is 12.1 Å². The molecule has 1 aliphatic carbocycles. The van der Waals surface area contributed by atoms with Crippen LogP contribution < -0.4 is 5.32 Å². The van der Waals surface area contributed by atoms with Crippen LogP contribution >= 0.6 is 0 Å². The van der Waals surface area contributed by atoms with Crippen molar-refractivity contribution in [1.29, 1.82) is 0 Å². The molecule has 0 bridgehead atoms. The van der Waals surface area contributed by atoms with Crippen LogP contribution in [-0.2, 0) is 25.5 Å². The summed E-state index contributed by atoms with van der Waals surface area (Å²) in [4.78, 5) is 38.3. The molecule has 1 aromatic carbocycles. The second-order valence-electron chi connectivity index (χ2n) is 9.22. The number of hydrogen-bond acceptors (Lipinski definition) is 5. The molecule has 0 spiro atoms. The Hall–Kier alpha value is -3.19. The number of allylic oxidation sites excluding steroid dienone is 5. The number of ether oxygens (including phenoxy) is 1. The second-order valence-corrected chi connectivity index (χ2v) is 9.22. The van der Waals surface area contributed by atoms with E-state index < -0.39 is 29.9 Å². The number of rotatable bonds is 15. The minimum Gasteiger partial charge on any atom is -0.461 e. The van der Waals surface area contributed by atoms with E-state index in [-0.39, 0.29) is 26.4 Å². The molecule has 1 unspecified atom stereocenters. The maximum atomic E-state index is 13.7. The number of nitrogens with one attached hydrogen (secondary N) is 1. The molecule has 1 aromatic rings. The predicted octanol–water partition coefficient (Wildman–Crippen LogP) is 5.55. The zero-order valence-corrected chi connectivity index (χ0v) is 21.5. The molecule has 204 valence electrons. The number of esters is 1. The molecule has 1 fully saturated rings. The number of hydrogen-bond donors (Lipinski definition) is 2. The molecule has 0 radical (unpaired) electrons. The van der Waals surface area contributed by atoms with Crippen LogP contribution in [0.25, 0.3) is 0 Å². The molecular weight excluding hydrogens is 468 g/mol. The predicted molar refractivity (Wildman–Crippen MR) is 147 cm³/mol. The van der Waals surface area contributed by atoms with E-state index in [0.29, 0.717) is 24.3 Å². The first kappa shape index (κ1) is 31.8. The van der Waals surface area contributed by atoms with E-state index in [4.69, 9.17) is 4.74 Å². The van der Waals surface area contributed by atoms with E-state index in [2.05, 4.69) is 11.9 Å². The van der Waals surface area contributed by atoms with Crippen molar-refractivity contribution in [2.45, 2.75) is 90.8 Å². The third-order valence-electron chi connectivity index (χ3n) is 6.52. The van der Waals surface area contributed by atoms with Crippen LogP contribution in [0, 0.1) is 5.92 Å². The van der Waals surface area contributed by atoms with E-state index >= 15 is 0 Å². The van der Waals surface area contributed by atoms with Crippen LogP contribution in [0.1, 0.15) is 71.8 Å². The summed E-state index contributed by atoms with van der Waals surface area (Å²) in [6.45, 7) is 7.65. The van der Waals surface area contributed by atoms with Gasteiger partial charge in [0.25, 0.3) is 0 Å². The molecule has 0 aliphatic heterocycles. The van der Waals surface area contributed by atoms with Crippen molar-refractivity contribution < 1.29 is 24.3 Å². The summed E-state index contributed by atoms with van der Waals surface area (Å²) in [5.74, 6) is -1.69. The molecular formula is C30H44N2O5. The molecule has 0 aromatic heterocycles. The Morgan fingerprint density at radius 3 is 2.49 bits per heavy atom. The first-order chi connectivity index (χ1) is 17.4. The zero-order valence-electron chi connectivity index (χ0n) is 21.5. The average molecular weight is 513 g/mol. The molecule has 0 saturated heterocycles. The van der Waals surface area contributed by atoms with Crippen molar-refractivity contribution in [3.05, 3.63) is 72.4 Å². The van der Waals surface area contributed by atoms with Gasteiger partial charge in [-0.1, -0.05) is 82.0 Å². The lowest BCUT2D eigenvalue weighted by Gasteiger charge is -2.31. The highest BCUT2D eigenvalue weighted by atomic mass is 16.5. The normalized spacial score (nSPS) is 16.4. The van der Waals surface area contributed by atoms with Crippen LogP contribution in [-0.4, -0.2) is 46.7 Å². The van der Waals surface area contributed by atoms with Crippen molar-refractivity contribution in [2.75, 3.05) is 0 Å². The van der Waals surface area contributed by atoms with Gasteiger partial charge in [0.05, 0.1) is 12.0 Å². The molecule has 1 aliphatic rings. The smallest absolute Gasteiger partial charge is 0.329 e. The Morgan fingerprint density at radius 2 is 1.92 bits per heavy atom. The maximum Gasteiger partial charge on any atom is 0.329 e. The first-order valence-electron chi connectivity index (χ1n) is 12.8. The summed E-state index contributed by atoms with van der Waals surface area (Å²) in [6.07, 6.45) is 12.7. The molecule has 0 heterocycles. The number of benzene rings is 1. The lowest BCUT2D eigenvalue weighted by Crippen LogP contribution is -2.51. The molecule has 3 atom stereocenters. The first-order valence-corrected chi connectivity index (χ1v) is 12.8. The number of carbonyl (C=O) groups excluding carboxylic acids is 3. The zero-order chi connectivity index (χ0) is 26.3. The monoisotopic (exact) mass is 512 g/mol. The Morgan fingerprint density at radius 1 is 1.24 bits per heavy atom. The second kappa shape index (κ2) is 17.3. The van der Waals surface area contributed by atoms with E-state index in [9.17, 15) is 19.6 Å². The van der Waals surface area contributed by atoms with Gasteiger partial charge in [0, 0.05) is 6.42 Å². The molecule has 2 amide bonds. The topological polar surface area (TPSA) is 95.9 Å². The minimum atomic E-state index is -0.889. The van der Waals surface area contributed by atoms with E-state index in [0.717, 1.165) is 36.8 Å². The van der Waals surface area contributed by atoms with Crippen molar-refractivity contribution in [2.24, 2.45) is 5.92 Å². The summed E-state index contributed by atoms with van der Waals surface area (Å²) in [5.41, 5.74) is 1.67. The Bertz CT molecular complexity index is 906. The molecule has 7 heteroatoms. The maximum absolute atomic E-state index is 13.7. The molecule has 7 nitrogen and oxygen atoms in total. The summed E-state index contributed by atoms with van der Waals surface area (Å²) >= 11 is 0. The fraction of sp³-hybridized carbons (Fsp3) is 0.500. The van der Waals surface area contributed by atoms with Crippen LogP contribution in [0.3, 0.4) is 0 Å². The fourth-order valence-corrected chi connectivity index (χ4v) is 4.56. The standard InChI is InChI=1S/C29H40N2O5.CH4/c1-4-7-14-22(6-3)19-25(27(13-5-2)31(35)21-32)28(33)30-26(20-23-15-9-8-10-16-23)29(34)36-24-17-11-12-18-24;/h4,6-10,14-16,21,24-27,35H,3,5,11-13,17-20H2,1-2H3,(H,30,33);1H4/b7-4-,22-14+;/t25?,26-,27-;/m0./s1. The summed E-state index contributed by atoms with van der Waals surface area (Å²) in [5, 5.41) is 13.8. The number of amides is 2. The number of carbonyl (C=O) groups is 3. The van der Waals surface area contributed by atoms with Crippen LogP contribution in [0.4, 0.5) is 0 Å². The lowest BCUT2D eigenvalue weighted by molar-refractivity contribution is -0.169. The largest absolute Gasteiger partial charge is 0.461 e. The Balaban J connectivity index is 0.00000684. The van der Waals surface area contributed by atoms with Gasteiger partial charge in [-0.3, -0.25) is 14.8 Å². The number of hydroxylamine groups is 2. The van der Waals surface area contributed by atoms with Gasteiger partial charge in [0.15, 0.2) is 0 Å². The van der Waals surface area contributed by atoms with Crippen molar-refractivity contribution >= 4 is 18.3 Å². The lowest BCUT2D eigenvalue weighted by atomic mass is 9.87. The van der Waals surface area contributed by atoms with Gasteiger partial charge in [-0.15, -0.1) is 0 Å². The highest BCUT2D eigenvalue weighted by Crippen LogP contribution is 2.25. The Kier molecular flexibility index (Phi) is 14.9. The van der Waals surface area contributed by atoms with Crippen LogP contribution in [0.2, 0.25) is 0 Å². The Labute approximate surface area is 222 Å². The van der Waals surface area contributed by atoms with E-state index in [1.54, 1.807) is 6.08 Å². The summed E-state index contributed by atoms with van der Waals surface area (Å²) < 4.78 is 5.75. The molecule has 1 saturated carbocycles. The van der Waals surface area contributed by atoms with Crippen LogP contribution in [0.5, 0.6) is 0 Å². The van der Waals surface area contributed by atoms with Gasteiger partial charge < -0.3 is 10.1 Å². The van der Waals surface area contributed by atoms with E-state index in [1.165, 1.54) is 0 Å². The van der Waals surface area contributed by atoms with Gasteiger partial charge in [-0.05, 0) is 56.6 Å². The SMILES string of the molecule is C.C=C/C(=C\C=C/C)CC(C(=O)N[C@@H](Cc1ccccc1)C(=O)OC1CCCC1)[C@H](CCC)N(O)C=O. The van der Waals surface area contributed by atoms with Crippen molar-refractivity contribution in [3.8, 4) is 0 Å². The molecule has 2 rings (SSSR count). The summed E-state index contributed by atoms with van der Waals surface area (Å²) in [7, 11) is 0. The number of nitrogens with zero attached hydrogens (tertiary/aromatic N) is 1. The van der Waals surface area contributed by atoms with Crippen LogP contribution in [0.15, 0.2) is 66.8 Å².